The Kier molecular flexibility index (Phi) is 4.93. The molecule has 1 N–H and O–H groups in total. The molecule has 0 bridgehead atoms. The molecule has 1 fully saturated rings. The van der Waals surface area contributed by atoms with Crippen LogP contribution in [0.5, 0.6) is 0 Å². The first kappa shape index (κ1) is 14.4. The predicted molar refractivity (Wildman–Crippen MR) is 70.8 cm³/mol. The highest BCUT2D eigenvalue weighted by Gasteiger charge is 2.31. The fourth-order valence-electron chi connectivity index (χ4n) is 2.29. The van der Waals surface area contributed by atoms with Crippen molar-refractivity contribution >= 4 is 0 Å². The average molecular weight is 238 g/mol. The summed E-state index contributed by atoms with van der Waals surface area (Å²) in [7, 11) is 2.17. The van der Waals surface area contributed by atoms with E-state index in [1.165, 1.54) is 0 Å². The van der Waals surface area contributed by atoms with Crippen LogP contribution in [0.2, 0.25) is 0 Å². The third-order valence-corrected chi connectivity index (χ3v) is 3.53. The number of piperazine rings is 1. The number of nitrogens with zero attached hydrogens (tertiary/aromatic N) is 3. The average Bonchev–Trinajstić information content (AvgIpc) is 2.21. The summed E-state index contributed by atoms with van der Waals surface area (Å²) in [4.78, 5) is 4.78. The van der Waals surface area contributed by atoms with Gasteiger partial charge in [-0.1, -0.05) is 0 Å². The zero-order valence-corrected chi connectivity index (χ0v) is 11.8. The smallest absolute Gasteiger partial charge is 0.108 e. The lowest BCUT2D eigenvalue weighted by Gasteiger charge is -2.45. The molecule has 0 aromatic rings. The molecular weight excluding hydrogens is 212 g/mol. The molecule has 0 aromatic carbocycles. The molecule has 4 nitrogen and oxygen atoms in total. The van der Waals surface area contributed by atoms with E-state index in [0.29, 0.717) is 6.04 Å². The van der Waals surface area contributed by atoms with E-state index in [-0.39, 0.29) is 11.6 Å². The molecule has 0 saturated carbocycles. The first-order chi connectivity index (χ1) is 7.85. The van der Waals surface area contributed by atoms with Crippen molar-refractivity contribution in [2.45, 2.75) is 45.3 Å². The second-order valence-corrected chi connectivity index (χ2v) is 5.97. The fourth-order valence-corrected chi connectivity index (χ4v) is 2.29. The first-order valence-corrected chi connectivity index (χ1v) is 6.44. The fraction of sp³-hybridized carbons (Fsp3) is 0.923. The molecule has 0 amide bonds. The van der Waals surface area contributed by atoms with Crippen molar-refractivity contribution in [3.8, 4) is 6.07 Å². The van der Waals surface area contributed by atoms with Gasteiger partial charge < -0.3 is 0 Å². The SMILES string of the molecule is CC(C)NC(C#N)CN1CCN(C)C(C)(C)C1. The highest BCUT2D eigenvalue weighted by molar-refractivity contribution is 4.96. The Bertz CT molecular complexity index is 280. The predicted octanol–water partition coefficient (Wildman–Crippen LogP) is 0.903. The quantitative estimate of drug-likeness (QED) is 0.790. The number of rotatable bonds is 4. The standard InChI is InChI=1S/C13H26N4/c1-11(2)15-12(8-14)9-17-7-6-16(5)13(3,4)10-17/h11-12,15H,6-7,9-10H2,1-5H3. The lowest BCUT2D eigenvalue weighted by atomic mass is 9.99. The zero-order chi connectivity index (χ0) is 13.1. The van der Waals surface area contributed by atoms with Crippen LogP contribution in [0.15, 0.2) is 0 Å². The number of hydrogen-bond donors (Lipinski definition) is 1. The van der Waals surface area contributed by atoms with Gasteiger partial charge in [0.05, 0.1) is 6.07 Å². The van der Waals surface area contributed by atoms with Gasteiger partial charge in [0.1, 0.15) is 6.04 Å². The van der Waals surface area contributed by atoms with E-state index < -0.39 is 0 Å². The first-order valence-electron chi connectivity index (χ1n) is 6.44. The van der Waals surface area contributed by atoms with Crippen molar-refractivity contribution in [3.05, 3.63) is 0 Å². The molecule has 1 aliphatic rings. The summed E-state index contributed by atoms with van der Waals surface area (Å²) in [6.07, 6.45) is 0. The van der Waals surface area contributed by atoms with E-state index in [1.54, 1.807) is 0 Å². The molecule has 0 aliphatic carbocycles. The van der Waals surface area contributed by atoms with Crippen LogP contribution in [0.4, 0.5) is 0 Å². The molecule has 1 unspecified atom stereocenters. The van der Waals surface area contributed by atoms with Crippen molar-refractivity contribution in [2.75, 3.05) is 33.2 Å². The molecule has 1 heterocycles. The van der Waals surface area contributed by atoms with Gasteiger partial charge in [-0.25, -0.2) is 0 Å². The van der Waals surface area contributed by atoms with Crippen molar-refractivity contribution in [1.82, 2.24) is 15.1 Å². The van der Waals surface area contributed by atoms with Crippen LogP contribution in [-0.4, -0.2) is 60.6 Å². The maximum absolute atomic E-state index is 9.14. The summed E-state index contributed by atoms with van der Waals surface area (Å²) in [6, 6.07) is 2.65. The summed E-state index contributed by atoms with van der Waals surface area (Å²) < 4.78 is 0. The van der Waals surface area contributed by atoms with Crippen LogP contribution >= 0.6 is 0 Å². The molecule has 17 heavy (non-hydrogen) atoms. The van der Waals surface area contributed by atoms with Gasteiger partial charge in [0.15, 0.2) is 0 Å². The van der Waals surface area contributed by atoms with Gasteiger partial charge in [-0.3, -0.25) is 15.1 Å². The molecule has 4 heteroatoms. The molecule has 0 aromatic heterocycles. The van der Waals surface area contributed by atoms with Gasteiger partial charge in [0.25, 0.3) is 0 Å². The summed E-state index contributed by atoms with van der Waals surface area (Å²) in [6.45, 7) is 12.7. The van der Waals surface area contributed by atoms with E-state index in [0.717, 1.165) is 26.2 Å². The molecule has 1 atom stereocenters. The van der Waals surface area contributed by atoms with Crippen LogP contribution in [0.3, 0.4) is 0 Å². The maximum atomic E-state index is 9.14. The third-order valence-electron chi connectivity index (χ3n) is 3.53. The van der Waals surface area contributed by atoms with Crippen LogP contribution in [0, 0.1) is 11.3 Å². The minimum absolute atomic E-state index is 0.0609. The minimum Gasteiger partial charge on any atom is -0.299 e. The Labute approximate surface area is 106 Å². The van der Waals surface area contributed by atoms with Crippen molar-refractivity contribution in [2.24, 2.45) is 0 Å². The van der Waals surface area contributed by atoms with E-state index in [4.69, 9.17) is 5.26 Å². The molecule has 1 aliphatic heterocycles. The van der Waals surface area contributed by atoms with Gasteiger partial charge in [-0.05, 0) is 34.7 Å². The third kappa shape index (κ3) is 4.27. The summed E-state index contributed by atoms with van der Waals surface area (Å²) in [5.74, 6) is 0. The van der Waals surface area contributed by atoms with Crippen LogP contribution in [0.1, 0.15) is 27.7 Å². The number of hydrogen-bond acceptors (Lipinski definition) is 4. The Morgan fingerprint density at radius 2 is 2.00 bits per heavy atom. The van der Waals surface area contributed by atoms with Gasteiger partial charge in [0.2, 0.25) is 0 Å². The molecule has 0 spiro atoms. The van der Waals surface area contributed by atoms with E-state index in [9.17, 15) is 0 Å². The Morgan fingerprint density at radius 1 is 1.35 bits per heavy atom. The van der Waals surface area contributed by atoms with Gasteiger partial charge in [0, 0.05) is 37.8 Å². The normalized spacial score (nSPS) is 23.6. The van der Waals surface area contributed by atoms with Crippen molar-refractivity contribution in [1.29, 1.82) is 5.26 Å². The van der Waals surface area contributed by atoms with Crippen LogP contribution in [-0.2, 0) is 0 Å². The van der Waals surface area contributed by atoms with E-state index in [2.05, 4.69) is 55.9 Å². The number of nitriles is 1. The van der Waals surface area contributed by atoms with Crippen molar-refractivity contribution < 1.29 is 0 Å². The topological polar surface area (TPSA) is 42.3 Å². The number of likely N-dealkylation sites (N-methyl/N-ethyl adjacent to an activating group) is 1. The summed E-state index contributed by atoms with van der Waals surface area (Å²) in [5.41, 5.74) is 0.204. The van der Waals surface area contributed by atoms with Gasteiger partial charge in [-0.15, -0.1) is 0 Å². The van der Waals surface area contributed by atoms with Crippen molar-refractivity contribution in [3.63, 3.8) is 0 Å². The number of nitrogens with one attached hydrogen (secondary N) is 1. The lowest BCUT2D eigenvalue weighted by molar-refractivity contribution is 0.0376. The summed E-state index contributed by atoms with van der Waals surface area (Å²) in [5, 5.41) is 12.4. The lowest BCUT2D eigenvalue weighted by Crippen LogP contribution is -2.59. The van der Waals surface area contributed by atoms with Gasteiger partial charge >= 0.3 is 0 Å². The molecular formula is C13H26N4. The molecule has 98 valence electrons. The molecule has 1 rings (SSSR count). The van der Waals surface area contributed by atoms with Gasteiger partial charge in [-0.2, -0.15) is 5.26 Å². The minimum atomic E-state index is -0.0609. The monoisotopic (exact) mass is 238 g/mol. The summed E-state index contributed by atoms with van der Waals surface area (Å²) >= 11 is 0. The van der Waals surface area contributed by atoms with Crippen LogP contribution < -0.4 is 5.32 Å². The largest absolute Gasteiger partial charge is 0.299 e. The Hall–Kier alpha value is -0.630. The maximum Gasteiger partial charge on any atom is 0.108 e. The zero-order valence-electron chi connectivity index (χ0n) is 11.8. The van der Waals surface area contributed by atoms with E-state index >= 15 is 0 Å². The highest BCUT2D eigenvalue weighted by Crippen LogP contribution is 2.18. The Morgan fingerprint density at radius 3 is 2.47 bits per heavy atom. The second-order valence-electron chi connectivity index (χ2n) is 5.97. The second kappa shape index (κ2) is 5.81. The molecule has 0 radical (unpaired) electrons. The van der Waals surface area contributed by atoms with Crippen LogP contribution in [0.25, 0.3) is 0 Å². The van der Waals surface area contributed by atoms with E-state index in [1.807, 2.05) is 0 Å². The Balaban J connectivity index is 2.49. The molecule has 1 saturated heterocycles. The highest BCUT2D eigenvalue weighted by atomic mass is 15.3.